The molecule has 0 saturated carbocycles. The molecule has 8 nitrogen and oxygen atoms in total. The van der Waals surface area contributed by atoms with Crippen LogP contribution in [0.15, 0.2) is 18.2 Å². The van der Waals surface area contributed by atoms with E-state index >= 15 is 0 Å². The summed E-state index contributed by atoms with van der Waals surface area (Å²) in [6, 6.07) is 3.26. The quantitative estimate of drug-likeness (QED) is 0.645. The molecule has 8 heteroatoms. The predicted molar refractivity (Wildman–Crippen MR) is 72.3 cm³/mol. The smallest absolute Gasteiger partial charge is 0.338 e. The summed E-state index contributed by atoms with van der Waals surface area (Å²) in [6.45, 7) is 1.85. The molecular formula is C13H14N2O6. The first-order valence-electron chi connectivity index (χ1n) is 6.36. The number of nitro groups is 1. The highest BCUT2D eigenvalue weighted by atomic mass is 16.6. The van der Waals surface area contributed by atoms with Gasteiger partial charge in [0.2, 0.25) is 0 Å². The molecule has 0 aromatic heterocycles. The summed E-state index contributed by atoms with van der Waals surface area (Å²) >= 11 is 0. The van der Waals surface area contributed by atoms with Crippen molar-refractivity contribution in [2.45, 2.75) is 32.0 Å². The summed E-state index contributed by atoms with van der Waals surface area (Å²) in [5.74, 6) is -1.80. The highest BCUT2D eigenvalue weighted by molar-refractivity contribution is 6.02. The van der Waals surface area contributed by atoms with Gasteiger partial charge in [-0.3, -0.25) is 14.9 Å². The fourth-order valence-electron chi connectivity index (χ4n) is 2.14. The number of amides is 1. The second-order valence-electron chi connectivity index (χ2n) is 4.79. The largest absolute Gasteiger partial charge is 0.478 e. The zero-order chi connectivity index (χ0) is 15.6. The highest BCUT2D eigenvalue weighted by Crippen LogP contribution is 2.25. The topological polar surface area (TPSA) is 119 Å². The van der Waals surface area contributed by atoms with Crippen molar-refractivity contribution in [1.82, 2.24) is 0 Å². The number of nitrogens with zero attached hydrogens (tertiary/aromatic N) is 1. The SMILES string of the molecule is CC1CCC(C(=O)Nc2ccc([N+](=O)[O-])cc2C(=O)O)O1. The van der Waals surface area contributed by atoms with E-state index in [2.05, 4.69) is 5.32 Å². The minimum atomic E-state index is -1.35. The van der Waals surface area contributed by atoms with Crippen molar-refractivity contribution in [3.05, 3.63) is 33.9 Å². The van der Waals surface area contributed by atoms with Crippen LogP contribution in [0.2, 0.25) is 0 Å². The summed E-state index contributed by atoms with van der Waals surface area (Å²) in [4.78, 5) is 33.1. The van der Waals surface area contributed by atoms with Crippen LogP contribution in [0.25, 0.3) is 0 Å². The first-order valence-corrected chi connectivity index (χ1v) is 6.36. The monoisotopic (exact) mass is 294 g/mol. The molecule has 0 bridgehead atoms. The lowest BCUT2D eigenvalue weighted by Crippen LogP contribution is -2.28. The fraction of sp³-hybridized carbons (Fsp3) is 0.385. The number of anilines is 1. The molecule has 0 radical (unpaired) electrons. The number of hydrogen-bond acceptors (Lipinski definition) is 5. The lowest BCUT2D eigenvalue weighted by atomic mass is 10.1. The van der Waals surface area contributed by atoms with Crippen LogP contribution >= 0.6 is 0 Å². The molecule has 0 aliphatic carbocycles. The number of non-ortho nitro benzene ring substituents is 1. The van der Waals surface area contributed by atoms with E-state index < -0.39 is 22.9 Å². The molecule has 1 heterocycles. The molecule has 0 spiro atoms. The van der Waals surface area contributed by atoms with Crippen molar-refractivity contribution in [2.75, 3.05) is 5.32 Å². The third-order valence-electron chi connectivity index (χ3n) is 3.23. The van der Waals surface area contributed by atoms with E-state index in [1.165, 1.54) is 6.07 Å². The molecule has 2 N–H and O–H groups in total. The number of hydrogen-bond donors (Lipinski definition) is 2. The number of nitrogens with one attached hydrogen (secondary N) is 1. The van der Waals surface area contributed by atoms with Crippen molar-refractivity contribution in [2.24, 2.45) is 0 Å². The Labute approximate surface area is 119 Å². The molecule has 2 unspecified atom stereocenters. The Balaban J connectivity index is 2.21. The maximum absolute atomic E-state index is 12.0. The lowest BCUT2D eigenvalue weighted by molar-refractivity contribution is -0.384. The van der Waals surface area contributed by atoms with Gasteiger partial charge in [0.15, 0.2) is 0 Å². The second-order valence-corrected chi connectivity index (χ2v) is 4.79. The lowest BCUT2D eigenvalue weighted by Gasteiger charge is -2.13. The molecule has 1 aromatic rings. The molecule has 2 rings (SSSR count). The summed E-state index contributed by atoms with van der Waals surface area (Å²) in [5.41, 5.74) is -0.666. The van der Waals surface area contributed by atoms with Gasteiger partial charge in [-0.1, -0.05) is 0 Å². The van der Waals surface area contributed by atoms with Crippen molar-refractivity contribution >= 4 is 23.3 Å². The summed E-state index contributed by atoms with van der Waals surface area (Å²) in [7, 11) is 0. The number of carboxylic acids is 1. The van der Waals surface area contributed by atoms with E-state index in [4.69, 9.17) is 9.84 Å². The normalized spacial score (nSPS) is 21.0. The van der Waals surface area contributed by atoms with Gasteiger partial charge in [0.25, 0.3) is 11.6 Å². The second kappa shape index (κ2) is 5.88. The van der Waals surface area contributed by atoms with Crippen molar-refractivity contribution in [1.29, 1.82) is 0 Å². The van der Waals surface area contributed by atoms with E-state index in [9.17, 15) is 19.7 Å². The maximum atomic E-state index is 12.0. The predicted octanol–water partition coefficient (Wildman–Crippen LogP) is 1.80. The Bertz CT molecular complexity index is 600. The van der Waals surface area contributed by atoms with Gasteiger partial charge in [0.1, 0.15) is 6.10 Å². The molecule has 2 atom stereocenters. The average Bonchev–Trinajstić information content (AvgIpc) is 2.85. The number of carbonyl (C=O) groups excluding carboxylic acids is 1. The Hall–Kier alpha value is -2.48. The standard InChI is InChI=1S/C13H14N2O6/c1-7-2-5-11(21-7)12(16)14-10-4-3-8(15(19)20)6-9(10)13(17)18/h3-4,6-7,11H,2,5H2,1H3,(H,14,16)(H,17,18). The van der Waals surface area contributed by atoms with E-state index in [0.29, 0.717) is 6.42 Å². The first kappa shape index (κ1) is 14.9. The number of aromatic carboxylic acids is 1. The highest BCUT2D eigenvalue weighted by Gasteiger charge is 2.29. The number of carbonyl (C=O) groups is 2. The molecule has 1 fully saturated rings. The van der Waals surface area contributed by atoms with Crippen LogP contribution in [0.5, 0.6) is 0 Å². The van der Waals surface area contributed by atoms with Gasteiger partial charge in [0, 0.05) is 12.1 Å². The molecule has 21 heavy (non-hydrogen) atoms. The molecule has 112 valence electrons. The minimum Gasteiger partial charge on any atom is -0.478 e. The van der Waals surface area contributed by atoms with E-state index in [0.717, 1.165) is 18.6 Å². The van der Waals surface area contributed by atoms with Crippen LogP contribution < -0.4 is 5.32 Å². The Kier molecular flexibility index (Phi) is 4.18. The molecule has 1 aromatic carbocycles. The Morgan fingerprint density at radius 2 is 2.14 bits per heavy atom. The van der Waals surface area contributed by atoms with Crippen molar-refractivity contribution in [3.8, 4) is 0 Å². The number of carboxylic acid groups (broad SMARTS) is 1. The van der Waals surface area contributed by atoms with Gasteiger partial charge in [-0.05, 0) is 25.8 Å². The van der Waals surface area contributed by atoms with Gasteiger partial charge in [-0.25, -0.2) is 4.79 Å². The van der Waals surface area contributed by atoms with Gasteiger partial charge < -0.3 is 15.2 Å². The van der Waals surface area contributed by atoms with E-state index in [-0.39, 0.29) is 23.0 Å². The van der Waals surface area contributed by atoms with Gasteiger partial charge in [-0.15, -0.1) is 0 Å². The number of ether oxygens (including phenoxy) is 1. The number of nitro benzene ring substituents is 1. The first-order chi connectivity index (χ1) is 9.88. The number of rotatable bonds is 4. The molecule has 1 amide bonds. The van der Waals surface area contributed by atoms with Crippen molar-refractivity contribution < 1.29 is 24.4 Å². The maximum Gasteiger partial charge on any atom is 0.338 e. The van der Waals surface area contributed by atoms with E-state index in [1.54, 1.807) is 0 Å². The minimum absolute atomic E-state index is 0.0150. The van der Waals surface area contributed by atoms with Crippen LogP contribution in [0, 0.1) is 10.1 Å². The summed E-state index contributed by atoms with van der Waals surface area (Å²) in [6.07, 6.45) is 0.667. The molecule has 1 aliphatic heterocycles. The van der Waals surface area contributed by atoms with Crippen molar-refractivity contribution in [3.63, 3.8) is 0 Å². The van der Waals surface area contributed by atoms with Crippen LogP contribution in [-0.2, 0) is 9.53 Å². The fourth-order valence-corrected chi connectivity index (χ4v) is 2.14. The Morgan fingerprint density at radius 1 is 1.43 bits per heavy atom. The van der Waals surface area contributed by atoms with Gasteiger partial charge in [0.05, 0.1) is 22.3 Å². The average molecular weight is 294 g/mol. The third-order valence-corrected chi connectivity index (χ3v) is 3.23. The van der Waals surface area contributed by atoms with Crippen LogP contribution in [0.4, 0.5) is 11.4 Å². The summed E-state index contributed by atoms with van der Waals surface area (Å²) < 4.78 is 5.39. The molecular weight excluding hydrogens is 280 g/mol. The zero-order valence-corrected chi connectivity index (χ0v) is 11.2. The van der Waals surface area contributed by atoms with E-state index in [1.807, 2.05) is 6.92 Å². The number of benzene rings is 1. The van der Waals surface area contributed by atoms with Crippen LogP contribution in [-0.4, -0.2) is 34.1 Å². The van der Waals surface area contributed by atoms with Gasteiger partial charge >= 0.3 is 5.97 Å². The molecule has 1 saturated heterocycles. The third kappa shape index (κ3) is 3.34. The zero-order valence-electron chi connectivity index (χ0n) is 11.2. The van der Waals surface area contributed by atoms with Crippen LogP contribution in [0.1, 0.15) is 30.1 Å². The Morgan fingerprint density at radius 3 is 2.67 bits per heavy atom. The molecule has 1 aliphatic rings. The van der Waals surface area contributed by atoms with Crippen LogP contribution in [0.3, 0.4) is 0 Å². The van der Waals surface area contributed by atoms with Gasteiger partial charge in [-0.2, -0.15) is 0 Å². The summed E-state index contributed by atoms with van der Waals surface area (Å²) in [5, 5.41) is 22.2.